The first kappa shape index (κ1) is 11.1. The molecule has 0 aliphatic carbocycles. The second-order valence-corrected chi connectivity index (χ2v) is 3.03. The fraction of sp³-hybridized carbons (Fsp3) is 0.600. The molecule has 0 bridgehead atoms. The van der Waals surface area contributed by atoms with Gasteiger partial charge in [-0.2, -0.15) is 0 Å². The Balaban J connectivity index is 2.68. The molecule has 1 heterocycles. The molecule has 0 aliphatic heterocycles. The predicted octanol–water partition coefficient (Wildman–Crippen LogP) is 1.08. The third-order valence-corrected chi connectivity index (χ3v) is 1.99. The van der Waals surface area contributed by atoms with E-state index in [2.05, 4.69) is 15.3 Å². The molecule has 0 saturated heterocycles. The van der Waals surface area contributed by atoms with Gasteiger partial charge in [-0.15, -0.1) is 0 Å². The quantitative estimate of drug-likeness (QED) is 0.763. The molecule has 1 aromatic heterocycles. The number of nitrogens with one attached hydrogen (secondary N) is 1. The predicted molar refractivity (Wildman–Crippen MR) is 55.1 cm³/mol. The van der Waals surface area contributed by atoms with E-state index in [0.29, 0.717) is 6.61 Å². The molecule has 14 heavy (non-hydrogen) atoms. The monoisotopic (exact) mass is 195 g/mol. The molecule has 0 saturated carbocycles. The van der Waals surface area contributed by atoms with Crippen LogP contribution in [0.1, 0.15) is 24.5 Å². The van der Waals surface area contributed by atoms with Crippen LogP contribution in [0.2, 0.25) is 0 Å². The van der Waals surface area contributed by atoms with Crippen molar-refractivity contribution in [3.63, 3.8) is 0 Å². The number of ether oxygens (including phenoxy) is 1. The van der Waals surface area contributed by atoms with Crippen molar-refractivity contribution in [3.05, 3.63) is 23.8 Å². The zero-order chi connectivity index (χ0) is 10.4. The summed E-state index contributed by atoms with van der Waals surface area (Å²) in [5, 5.41) is 3.17. The van der Waals surface area contributed by atoms with Crippen LogP contribution < -0.4 is 5.32 Å². The summed E-state index contributed by atoms with van der Waals surface area (Å²) in [5.41, 5.74) is 0.980. The maximum Gasteiger partial charge on any atom is 0.125 e. The van der Waals surface area contributed by atoms with Crippen molar-refractivity contribution >= 4 is 0 Å². The van der Waals surface area contributed by atoms with E-state index in [1.165, 1.54) is 0 Å². The van der Waals surface area contributed by atoms with E-state index < -0.39 is 0 Å². The lowest BCUT2D eigenvalue weighted by molar-refractivity contribution is 0.124. The summed E-state index contributed by atoms with van der Waals surface area (Å²) >= 11 is 0. The molecule has 78 valence electrons. The van der Waals surface area contributed by atoms with Gasteiger partial charge >= 0.3 is 0 Å². The van der Waals surface area contributed by atoms with E-state index in [9.17, 15) is 0 Å². The van der Waals surface area contributed by atoms with Crippen LogP contribution in [0.3, 0.4) is 0 Å². The third-order valence-electron chi connectivity index (χ3n) is 1.99. The van der Waals surface area contributed by atoms with Crippen molar-refractivity contribution in [1.29, 1.82) is 0 Å². The molecule has 0 amide bonds. The van der Waals surface area contributed by atoms with Crippen LogP contribution in [0, 0.1) is 6.92 Å². The molecule has 1 N–H and O–H groups in total. The molecule has 0 fully saturated rings. The lowest BCUT2D eigenvalue weighted by Crippen LogP contribution is -2.23. The first-order valence-electron chi connectivity index (χ1n) is 4.82. The van der Waals surface area contributed by atoms with Gasteiger partial charge in [0.15, 0.2) is 0 Å². The topological polar surface area (TPSA) is 47.0 Å². The first-order chi connectivity index (χ1) is 6.77. The SMILES string of the molecule is CCOCC(NC)c1ccnc(C)n1. The molecule has 1 atom stereocenters. The van der Waals surface area contributed by atoms with Gasteiger partial charge in [0.1, 0.15) is 5.82 Å². The van der Waals surface area contributed by atoms with E-state index in [1.54, 1.807) is 6.20 Å². The fourth-order valence-corrected chi connectivity index (χ4v) is 1.22. The molecule has 0 radical (unpaired) electrons. The van der Waals surface area contributed by atoms with Crippen LogP contribution in [0.15, 0.2) is 12.3 Å². The maximum absolute atomic E-state index is 5.36. The van der Waals surface area contributed by atoms with Crippen LogP contribution in [-0.4, -0.2) is 30.2 Å². The highest BCUT2D eigenvalue weighted by atomic mass is 16.5. The smallest absolute Gasteiger partial charge is 0.125 e. The Morgan fingerprint density at radius 2 is 2.36 bits per heavy atom. The summed E-state index contributed by atoms with van der Waals surface area (Å²) in [7, 11) is 1.90. The van der Waals surface area contributed by atoms with Gasteiger partial charge in [-0.25, -0.2) is 9.97 Å². The summed E-state index contributed by atoms with van der Waals surface area (Å²) in [6.07, 6.45) is 1.77. The summed E-state index contributed by atoms with van der Waals surface area (Å²) in [6.45, 7) is 5.24. The largest absolute Gasteiger partial charge is 0.380 e. The minimum atomic E-state index is 0.150. The highest BCUT2D eigenvalue weighted by Gasteiger charge is 2.10. The minimum Gasteiger partial charge on any atom is -0.380 e. The first-order valence-corrected chi connectivity index (χ1v) is 4.82. The lowest BCUT2D eigenvalue weighted by atomic mass is 10.2. The molecule has 4 nitrogen and oxygen atoms in total. The van der Waals surface area contributed by atoms with E-state index >= 15 is 0 Å². The van der Waals surface area contributed by atoms with Gasteiger partial charge < -0.3 is 10.1 Å². The molecule has 0 aromatic carbocycles. The zero-order valence-corrected chi connectivity index (χ0v) is 8.95. The van der Waals surface area contributed by atoms with Crippen molar-refractivity contribution < 1.29 is 4.74 Å². The Morgan fingerprint density at radius 3 is 2.93 bits per heavy atom. The summed E-state index contributed by atoms with van der Waals surface area (Å²) in [5.74, 6) is 0.791. The van der Waals surface area contributed by atoms with Crippen LogP contribution >= 0.6 is 0 Å². The number of hydrogen-bond acceptors (Lipinski definition) is 4. The van der Waals surface area contributed by atoms with E-state index in [1.807, 2.05) is 27.0 Å². The fourth-order valence-electron chi connectivity index (χ4n) is 1.22. The molecule has 1 aromatic rings. The Morgan fingerprint density at radius 1 is 1.57 bits per heavy atom. The zero-order valence-electron chi connectivity index (χ0n) is 8.95. The minimum absolute atomic E-state index is 0.150. The van der Waals surface area contributed by atoms with Gasteiger partial charge in [0.2, 0.25) is 0 Å². The Bertz CT molecular complexity index is 278. The Hall–Kier alpha value is -1.00. The van der Waals surface area contributed by atoms with Crippen LogP contribution in [0.4, 0.5) is 0 Å². The van der Waals surface area contributed by atoms with Crippen LogP contribution in [0.5, 0.6) is 0 Å². The Kier molecular flexibility index (Phi) is 4.49. The standard InChI is InChI=1S/C10H17N3O/c1-4-14-7-10(11-3)9-5-6-12-8(2)13-9/h5-6,10-11H,4,7H2,1-3H3. The van der Waals surface area contributed by atoms with Gasteiger partial charge in [0, 0.05) is 12.8 Å². The number of aryl methyl sites for hydroxylation is 1. The highest BCUT2D eigenvalue weighted by Crippen LogP contribution is 2.09. The molecule has 0 aliphatic rings. The van der Waals surface area contributed by atoms with Gasteiger partial charge in [-0.1, -0.05) is 0 Å². The number of likely N-dealkylation sites (N-methyl/N-ethyl adjacent to an activating group) is 1. The molecular weight excluding hydrogens is 178 g/mol. The second kappa shape index (κ2) is 5.67. The van der Waals surface area contributed by atoms with Crippen molar-refractivity contribution in [2.75, 3.05) is 20.3 Å². The highest BCUT2D eigenvalue weighted by molar-refractivity contribution is 5.07. The number of rotatable bonds is 5. The molecule has 1 rings (SSSR count). The molecular formula is C10H17N3O. The number of aromatic nitrogens is 2. The Labute approximate surface area is 84.7 Å². The van der Waals surface area contributed by atoms with Gasteiger partial charge in [0.25, 0.3) is 0 Å². The summed E-state index contributed by atoms with van der Waals surface area (Å²) in [4.78, 5) is 8.40. The average Bonchev–Trinajstić information content (AvgIpc) is 2.19. The van der Waals surface area contributed by atoms with E-state index in [-0.39, 0.29) is 6.04 Å². The average molecular weight is 195 g/mol. The summed E-state index contributed by atoms with van der Waals surface area (Å²) < 4.78 is 5.36. The number of nitrogens with zero attached hydrogens (tertiary/aromatic N) is 2. The molecule has 0 spiro atoms. The number of hydrogen-bond donors (Lipinski definition) is 1. The van der Waals surface area contributed by atoms with E-state index in [0.717, 1.165) is 18.1 Å². The second-order valence-electron chi connectivity index (χ2n) is 3.03. The summed E-state index contributed by atoms with van der Waals surface area (Å²) in [6, 6.07) is 2.06. The van der Waals surface area contributed by atoms with Crippen molar-refractivity contribution in [2.24, 2.45) is 0 Å². The molecule has 1 unspecified atom stereocenters. The lowest BCUT2D eigenvalue weighted by Gasteiger charge is -2.15. The van der Waals surface area contributed by atoms with Gasteiger partial charge in [-0.3, -0.25) is 0 Å². The van der Waals surface area contributed by atoms with Crippen molar-refractivity contribution in [1.82, 2.24) is 15.3 Å². The normalized spacial score (nSPS) is 12.8. The van der Waals surface area contributed by atoms with E-state index in [4.69, 9.17) is 4.74 Å². The van der Waals surface area contributed by atoms with Crippen LogP contribution in [0.25, 0.3) is 0 Å². The third kappa shape index (κ3) is 3.05. The maximum atomic E-state index is 5.36. The van der Waals surface area contributed by atoms with Crippen molar-refractivity contribution in [2.45, 2.75) is 19.9 Å². The van der Waals surface area contributed by atoms with Gasteiger partial charge in [-0.05, 0) is 27.0 Å². The molecule has 4 heteroatoms. The van der Waals surface area contributed by atoms with Crippen LogP contribution in [-0.2, 0) is 4.74 Å². The van der Waals surface area contributed by atoms with Crippen molar-refractivity contribution in [3.8, 4) is 0 Å². The van der Waals surface area contributed by atoms with Gasteiger partial charge in [0.05, 0.1) is 18.3 Å².